The highest BCUT2D eigenvalue weighted by Crippen LogP contribution is 2.41. The Balaban J connectivity index is 2.21. The molecule has 1 N–H and O–H groups in total. The smallest absolute Gasteiger partial charge is 0.320 e. The van der Waals surface area contributed by atoms with Gasteiger partial charge in [-0.05, 0) is 37.1 Å². The molecule has 1 aliphatic heterocycles. The van der Waals surface area contributed by atoms with Crippen LogP contribution in [0.25, 0.3) is 0 Å². The predicted molar refractivity (Wildman–Crippen MR) is 60.4 cm³/mol. The highest BCUT2D eigenvalue weighted by atomic mass is 32.2. The largest absolute Gasteiger partial charge is 0.480 e. The summed E-state index contributed by atoms with van der Waals surface area (Å²) >= 11 is 2.87. The van der Waals surface area contributed by atoms with Crippen molar-refractivity contribution in [2.45, 2.75) is 30.9 Å². The minimum Gasteiger partial charge on any atom is -0.480 e. The van der Waals surface area contributed by atoms with Gasteiger partial charge in [0.05, 0.1) is 10.6 Å². The lowest BCUT2D eigenvalue weighted by Gasteiger charge is -2.21. The molecule has 1 aromatic rings. The van der Waals surface area contributed by atoms with Crippen molar-refractivity contribution >= 4 is 29.3 Å². The van der Waals surface area contributed by atoms with Crippen molar-refractivity contribution in [3.05, 3.63) is 10.6 Å². The first-order valence-electron chi connectivity index (χ1n) is 4.79. The first-order chi connectivity index (χ1) is 7.14. The van der Waals surface area contributed by atoms with Crippen molar-refractivity contribution in [1.82, 2.24) is 9.59 Å². The van der Waals surface area contributed by atoms with E-state index in [-0.39, 0.29) is 0 Å². The molecule has 0 radical (unpaired) electrons. The minimum atomic E-state index is -0.696. The van der Waals surface area contributed by atoms with Crippen LogP contribution in [0.2, 0.25) is 0 Å². The predicted octanol–water partition coefficient (Wildman–Crippen LogP) is 1.74. The van der Waals surface area contributed by atoms with E-state index >= 15 is 0 Å². The van der Waals surface area contributed by atoms with E-state index in [2.05, 4.69) is 9.59 Å². The maximum Gasteiger partial charge on any atom is 0.320 e. The van der Waals surface area contributed by atoms with Crippen LogP contribution in [0.5, 0.6) is 0 Å². The van der Waals surface area contributed by atoms with E-state index in [9.17, 15) is 9.90 Å². The van der Waals surface area contributed by atoms with Gasteiger partial charge in [0.1, 0.15) is 4.75 Å². The van der Waals surface area contributed by atoms with E-state index in [0.717, 1.165) is 29.2 Å². The summed E-state index contributed by atoms with van der Waals surface area (Å²) in [5.74, 6) is 0.246. The molecule has 2 rings (SSSR count). The number of hydrogen-bond acceptors (Lipinski definition) is 5. The Morgan fingerprint density at radius 2 is 2.47 bits per heavy atom. The molecule has 1 aromatic heterocycles. The average Bonchev–Trinajstić information content (AvgIpc) is 2.78. The van der Waals surface area contributed by atoms with Crippen molar-refractivity contribution in [2.75, 3.05) is 5.75 Å². The summed E-state index contributed by atoms with van der Waals surface area (Å²) in [6.07, 6.45) is 2.31. The van der Waals surface area contributed by atoms with E-state index in [1.807, 2.05) is 6.92 Å². The monoisotopic (exact) mass is 244 g/mol. The van der Waals surface area contributed by atoms with Gasteiger partial charge in [-0.3, -0.25) is 4.79 Å². The molecule has 0 bridgehead atoms. The first-order valence-corrected chi connectivity index (χ1v) is 6.55. The Morgan fingerprint density at radius 3 is 2.93 bits per heavy atom. The molecule has 1 aliphatic rings. The summed E-state index contributed by atoms with van der Waals surface area (Å²) < 4.78 is 3.22. The molecular weight excluding hydrogens is 232 g/mol. The van der Waals surface area contributed by atoms with Crippen LogP contribution < -0.4 is 0 Å². The lowest BCUT2D eigenvalue weighted by Crippen LogP contribution is -2.34. The molecule has 1 unspecified atom stereocenters. The van der Waals surface area contributed by atoms with Gasteiger partial charge in [-0.1, -0.05) is 4.49 Å². The Hall–Kier alpha value is -0.620. The number of aliphatic carboxylic acids is 1. The van der Waals surface area contributed by atoms with Crippen LogP contribution in [0.15, 0.2) is 0 Å². The van der Waals surface area contributed by atoms with Crippen LogP contribution in [0.3, 0.4) is 0 Å². The maximum atomic E-state index is 11.3. The third-order valence-corrected chi connectivity index (χ3v) is 5.08. The molecule has 0 aliphatic carbocycles. The first kappa shape index (κ1) is 10.9. The molecule has 0 amide bonds. The topological polar surface area (TPSA) is 63.1 Å². The Bertz CT molecular complexity index is 372. The zero-order chi connectivity index (χ0) is 10.9. The highest BCUT2D eigenvalue weighted by molar-refractivity contribution is 8.01. The molecule has 0 aromatic carbocycles. The highest BCUT2D eigenvalue weighted by Gasteiger charge is 2.43. The molecule has 1 fully saturated rings. The Labute approximate surface area is 96.2 Å². The van der Waals surface area contributed by atoms with Crippen LogP contribution in [0.4, 0.5) is 0 Å². The number of hydrogen-bond donors (Lipinski definition) is 1. The van der Waals surface area contributed by atoms with Crippen LogP contribution in [0, 0.1) is 6.92 Å². The van der Waals surface area contributed by atoms with E-state index in [1.165, 1.54) is 11.5 Å². The number of rotatable bonds is 3. The molecule has 4 nitrogen and oxygen atoms in total. The summed E-state index contributed by atoms with van der Waals surface area (Å²) in [4.78, 5) is 12.3. The number of carbonyl (C=O) groups is 1. The van der Waals surface area contributed by atoms with Gasteiger partial charge in [0.2, 0.25) is 0 Å². The van der Waals surface area contributed by atoms with Crippen LogP contribution in [0.1, 0.15) is 23.4 Å². The van der Waals surface area contributed by atoms with E-state index < -0.39 is 10.7 Å². The second-order valence-corrected chi connectivity index (χ2v) is 6.03. The number of aromatic nitrogens is 2. The zero-order valence-electron chi connectivity index (χ0n) is 8.39. The van der Waals surface area contributed by atoms with E-state index in [4.69, 9.17) is 0 Å². The normalized spacial score (nSPS) is 25.7. The van der Waals surface area contributed by atoms with Gasteiger partial charge in [-0.25, -0.2) is 0 Å². The van der Waals surface area contributed by atoms with Crippen LogP contribution >= 0.6 is 23.3 Å². The van der Waals surface area contributed by atoms with Crippen LogP contribution in [-0.2, 0) is 11.2 Å². The summed E-state index contributed by atoms with van der Waals surface area (Å²) in [7, 11) is 0. The van der Waals surface area contributed by atoms with Crippen LogP contribution in [-0.4, -0.2) is 31.2 Å². The molecule has 2 heterocycles. The molecule has 1 atom stereocenters. The number of carboxylic acids is 1. The maximum absolute atomic E-state index is 11.3. The summed E-state index contributed by atoms with van der Waals surface area (Å²) in [6.45, 7) is 1.88. The SMILES string of the molecule is Cc1nnsc1CC1(C(=O)O)CCCS1. The molecule has 0 saturated carbocycles. The number of aryl methyl sites for hydroxylation is 1. The fourth-order valence-corrected chi connectivity index (χ4v) is 3.93. The molecule has 15 heavy (non-hydrogen) atoms. The van der Waals surface area contributed by atoms with Crippen molar-refractivity contribution in [3.8, 4) is 0 Å². The van der Waals surface area contributed by atoms with Gasteiger partial charge in [-0.2, -0.15) is 0 Å². The van der Waals surface area contributed by atoms with Gasteiger partial charge in [0.15, 0.2) is 0 Å². The number of thioether (sulfide) groups is 1. The molecule has 1 saturated heterocycles. The van der Waals surface area contributed by atoms with Crippen molar-refractivity contribution < 1.29 is 9.90 Å². The summed E-state index contributed by atoms with van der Waals surface area (Å²) in [5, 5.41) is 13.2. The van der Waals surface area contributed by atoms with Gasteiger partial charge in [0.25, 0.3) is 0 Å². The van der Waals surface area contributed by atoms with Gasteiger partial charge >= 0.3 is 5.97 Å². The Kier molecular flexibility index (Phi) is 2.97. The third kappa shape index (κ3) is 2.01. The second kappa shape index (κ2) is 4.09. The fraction of sp³-hybridized carbons (Fsp3) is 0.667. The lowest BCUT2D eigenvalue weighted by atomic mass is 9.98. The van der Waals surface area contributed by atoms with E-state index in [1.54, 1.807) is 11.8 Å². The fourth-order valence-electron chi connectivity index (χ4n) is 1.75. The number of nitrogens with zero attached hydrogens (tertiary/aromatic N) is 2. The summed E-state index contributed by atoms with van der Waals surface area (Å²) in [5.41, 5.74) is 0.869. The average molecular weight is 244 g/mol. The standard InChI is InChI=1S/C9H12N2O2S2/c1-6-7(15-11-10-6)5-9(8(12)13)3-2-4-14-9/h2-5H2,1H3,(H,12,13). The summed E-state index contributed by atoms with van der Waals surface area (Å²) in [6, 6.07) is 0. The van der Waals surface area contributed by atoms with Gasteiger partial charge in [0, 0.05) is 6.42 Å². The third-order valence-electron chi connectivity index (χ3n) is 2.68. The molecule has 6 heteroatoms. The molecular formula is C9H12N2O2S2. The second-order valence-electron chi connectivity index (χ2n) is 3.71. The van der Waals surface area contributed by atoms with Crippen molar-refractivity contribution in [2.24, 2.45) is 0 Å². The number of carboxylic acid groups (broad SMARTS) is 1. The zero-order valence-corrected chi connectivity index (χ0v) is 10.0. The van der Waals surface area contributed by atoms with Gasteiger partial charge < -0.3 is 5.11 Å². The van der Waals surface area contributed by atoms with E-state index in [0.29, 0.717) is 6.42 Å². The van der Waals surface area contributed by atoms with Crippen molar-refractivity contribution in [1.29, 1.82) is 0 Å². The van der Waals surface area contributed by atoms with Crippen molar-refractivity contribution in [3.63, 3.8) is 0 Å². The quantitative estimate of drug-likeness (QED) is 0.877. The van der Waals surface area contributed by atoms with Gasteiger partial charge in [-0.15, -0.1) is 16.9 Å². The lowest BCUT2D eigenvalue weighted by molar-refractivity contribution is -0.139. The Morgan fingerprint density at radius 1 is 1.67 bits per heavy atom. The minimum absolute atomic E-state index is 0.566. The molecule has 0 spiro atoms. The molecule has 82 valence electrons.